The van der Waals surface area contributed by atoms with Crippen LogP contribution in [-0.4, -0.2) is 53.7 Å². The fourth-order valence-corrected chi connectivity index (χ4v) is 4.25. The summed E-state index contributed by atoms with van der Waals surface area (Å²) in [5, 5.41) is 7.22. The summed E-state index contributed by atoms with van der Waals surface area (Å²) >= 11 is 6.21. The molecule has 0 spiro atoms. The number of likely N-dealkylation sites (tertiary alicyclic amines) is 1. The molecule has 1 aromatic heterocycles. The number of esters is 1. The lowest BCUT2D eigenvalue weighted by Gasteiger charge is -2.30. The van der Waals surface area contributed by atoms with Gasteiger partial charge in [0.2, 0.25) is 17.6 Å². The molecule has 1 atom stereocenters. The van der Waals surface area contributed by atoms with Crippen molar-refractivity contribution < 1.29 is 23.6 Å². The van der Waals surface area contributed by atoms with Gasteiger partial charge in [-0.05, 0) is 68.8 Å². The molecule has 1 saturated heterocycles. The van der Waals surface area contributed by atoms with E-state index in [1.165, 1.54) is 0 Å². The Morgan fingerprint density at radius 1 is 1.23 bits per heavy atom. The fraction of sp³-hybridized carbons (Fsp3) is 0.360. The molecule has 9 nitrogen and oxygen atoms in total. The van der Waals surface area contributed by atoms with Crippen molar-refractivity contribution in [1.82, 2.24) is 15.0 Å². The van der Waals surface area contributed by atoms with Gasteiger partial charge in [0, 0.05) is 17.8 Å². The Labute approximate surface area is 208 Å². The average molecular weight is 499 g/mol. The quantitative estimate of drug-likeness (QED) is 0.455. The number of halogens is 1. The van der Waals surface area contributed by atoms with Crippen molar-refractivity contribution in [2.45, 2.75) is 26.3 Å². The normalized spacial score (nSPS) is 16.0. The van der Waals surface area contributed by atoms with Crippen LogP contribution in [0, 0.1) is 5.92 Å². The highest BCUT2D eigenvalue weighted by Crippen LogP contribution is 2.25. The van der Waals surface area contributed by atoms with Crippen LogP contribution in [0.15, 0.2) is 47.0 Å². The maximum absolute atomic E-state index is 12.9. The van der Waals surface area contributed by atoms with Gasteiger partial charge >= 0.3 is 5.97 Å². The maximum atomic E-state index is 12.9. The number of amides is 1. The van der Waals surface area contributed by atoms with E-state index < -0.39 is 5.97 Å². The van der Waals surface area contributed by atoms with Crippen molar-refractivity contribution in [3.63, 3.8) is 0 Å². The first-order valence-corrected chi connectivity index (χ1v) is 11.8. The summed E-state index contributed by atoms with van der Waals surface area (Å²) < 4.78 is 15.6. The zero-order valence-corrected chi connectivity index (χ0v) is 20.4. The van der Waals surface area contributed by atoms with Crippen LogP contribution in [0.25, 0.3) is 11.4 Å². The van der Waals surface area contributed by atoms with Gasteiger partial charge in [0.05, 0.1) is 36.8 Å². The summed E-state index contributed by atoms with van der Waals surface area (Å²) in [4.78, 5) is 31.5. The summed E-state index contributed by atoms with van der Waals surface area (Å²) in [6.07, 6.45) is 1.65. The molecule has 1 fully saturated rings. The van der Waals surface area contributed by atoms with Crippen molar-refractivity contribution >= 4 is 29.2 Å². The number of carbonyl (C=O) groups excluding carboxylic acids is 2. The average Bonchev–Trinajstić information content (AvgIpc) is 3.33. The van der Waals surface area contributed by atoms with E-state index in [9.17, 15) is 9.59 Å². The SMILES string of the molecule is CCOC(=O)c1ccc(NC(=O)C2CCCN(Cc3nc(-c4ccc(OC)cc4)no3)C2)cc1Cl. The minimum atomic E-state index is -0.491. The molecule has 10 heteroatoms. The van der Waals surface area contributed by atoms with E-state index in [4.69, 9.17) is 25.6 Å². The van der Waals surface area contributed by atoms with Gasteiger partial charge in [-0.25, -0.2) is 4.79 Å². The number of piperidine rings is 1. The number of hydrogen-bond acceptors (Lipinski definition) is 8. The Bertz CT molecular complexity index is 1180. The first-order chi connectivity index (χ1) is 17.0. The molecule has 1 aliphatic rings. The van der Waals surface area contributed by atoms with Crippen LogP contribution in [0.2, 0.25) is 5.02 Å². The first-order valence-electron chi connectivity index (χ1n) is 11.4. The number of aromatic nitrogens is 2. The molecule has 1 N–H and O–H groups in total. The lowest BCUT2D eigenvalue weighted by atomic mass is 9.97. The van der Waals surface area contributed by atoms with Gasteiger partial charge in [0.15, 0.2) is 0 Å². The van der Waals surface area contributed by atoms with Crippen LogP contribution in [0.1, 0.15) is 36.0 Å². The van der Waals surface area contributed by atoms with Gasteiger partial charge in [-0.2, -0.15) is 4.98 Å². The van der Waals surface area contributed by atoms with Crippen molar-refractivity contribution in [3.8, 4) is 17.1 Å². The molecule has 4 rings (SSSR count). The lowest BCUT2D eigenvalue weighted by molar-refractivity contribution is -0.121. The standard InChI is InChI=1S/C25H27ClN4O5/c1-3-34-25(32)20-11-8-18(13-21(20)26)27-24(31)17-5-4-12-30(14-17)15-22-28-23(29-35-22)16-6-9-19(33-2)10-7-16/h6-11,13,17H,3-5,12,14-15H2,1-2H3,(H,27,31). The smallest absolute Gasteiger partial charge is 0.339 e. The predicted octanol–water partition coefficient (Wildman–Crippen LogP) is 4.43. The number of rotatable bonds is 8. The maximum Gasteiger partial charge on any atom is 0.339 e. The van der Waals surface area contributed by atoms with E-state index in [2.05, 4.69) is 20.4 Å². The third-order valence-corrected chi connectivity index (χ3v) is 6.10. The second kappa shape index (κ2) is 11.3. The van der Waals surface area contributed by atoms with Crippen LogP contribution in [0.3, 0.4) is 0 Å². The Hall–Kier alpha value is -3.43. The van der Waals surface area contributed by atoms with E-state index in [1.807, 2.05) is 24.3 Å². The van der Waals surface area contributed by atoms with E-state index in [-0.39, 0.29) is 29.0 Å². The molecule has 1 amide bonds. The van der Waals surface area contributed by atoms with Crippen molar-refractivity contribution in [3.05, 3.63) is 58.9 Å². The summed E-state index contributed by atoms with van der Waals surface area (Å²) in [5.41, 5.74) is 1.64. The number of carbonyl (C=O) groups is 2. The number of nitrogens with zero attached hydrogens (tertiary/aromatic N) is 3. The summed E-state index contributed by atoms with van der Waals surface area (Å²) in [6.45, 7) is 3.86. The van der Waals surface area contributed by atoms with Crippen LogP contribution in [0.4, 0.5) is 5.69 Å². The predicted molar refractivity (Wildman–Crippen MR) is 130 cm³/mol. The molecule has 0 aliphatic carbocycles. The molecular formula is C25H27ClN4O5. The highest BCUT2D eigenvalue weighted by Gasteiger charge is 2.27. The minimum absolute atomic E-state index is 0.0981. The van der Waals surface area contributed by atoms with Gasteiger partial charge in [-0.15, -0.1) is 0 Å². The van der Waals surface area contributed by atoms with Crippen LogP contribution in [0.5, 0.6) is 5.75 Å². The third-order valence-electron chi connectivity index (χ3n) is 5.78. The van der Waals surface area contributed by atoms with Gasteiger partial charge in [0.1, 0.15) is 5.75 Å². The van der Waals surface area contributed by atoms with E-state index in [1.54, 1.807) is 32.2 Å². The van der Waals surface area contributed by atoms with Crippen molar-refractivity contribution in [2.24, 2.45) is 5.92 Å². The Kier molecular flexibility index (Phi) is 7.99. The number of anilines is 1. The molecule has 0 bridgehead atoms. The molecular weight excluding hydrogens is 472 g/mol. The molecule has 3 aromatic rings. The number of nitrogens with one attached hydrogen (secondary N) is 1. The van der Waals surface area contributed by atoms with Crippen molar-refractivity contribution in [1.29, 1.82) is 0 Å². The monoisotopic (exact) mass is 498 g/mol. The fourth-order valence-electron chi connectivity index (χ4n) is 3.99. The number of benzene rings is 2. The van der Waals surface area contributed by atoms with E-state index in [0.717, 1.165) is 30.7 Å². The van der Waals surface area contributed by atoms with Gasteiger partial charge in [-0.3, -0.25) is 9.69 Å². The van der Waals surface area contributed by atoms with E-state index in [0.29, 0.717) is 30.5 Å². The largest absolute Gasteiger partial charge is 0.497 e. The van der Waals surface area contributed by atoms with Gasteiger partial charge < -0.3 is 19.3 Å². The molecule has 184 valence electrons. The Balaban J connectivity index is 1.34. The number of hydrogen-bond donors (Lipinski definition) is 1. The summed E-state index contributed by atoms with van der Waals surface area (Å²) in [7, 11) is 1.62. The molecule has 2 heterocycles. The first kappa shape index (κ1) is 24.7. The molecule has 0 saturated carbocycles. The van der Waals surface area contributed by atoms with Crippen LogP contribution in [-0.2, 0) is 16.1 Å². The van der Waals surface area contributed by atoms with Gasteiger partial charge in [-0.1, -0.05) is 16.8 Å². The van der Waals surface area contributed by atoms with Gasteiger partial charge in [0.25, 0.3) is 0 Å². The third kappa shape index (κ3) is 6.17. The Morgan fingerprint density at radius 3 is 2.74 bits per heavy atom. The lowest BCUT2D eigenvalue weighted by Crippen LogP contribution is -2.40. The molecule has 1 aliphatic heterocycles. The van der Waals surface area contributed by atoms with Crippen molar-refractivity contribution in [2.75, 3.05) is 32.1 Å². The Morgan fingerprint density at radius 2 is 2.03 bits per heavy atom. The molecule has 35 heavy (non-hydrogen) atoms. The molecule has 0 radical (unpaired) electrons. The zero-order chi connectivity index (χ0) is 24.8. The minimum Gasteiger partial charge on any atom is -0.497 e. The topological polar surface area (TPSA) is 107 Å². The zero-order valence-electron chi connectivity index (χ0n) is 19.6. The highest BCUT2D eigenvalue weighted by atomic mass is 35.5. The van der Waals surface area contributed by atoms with Crippen LogP contribution >= 0.6 is 11.6 Å². The highest BCUT2D eigenvalue weighted by molar-refractivity contribution is 6.34. The van der Waals surface area contributed by atoms with Crippen LogP contribution < -0.4 is 10.1 Å². The second-order valence-electron chi connectivity index (χ2n) is 8.22. The number of methoxy groups -OCH3 is 1. The summed E-state index contributed by atoms with van der Waals surface area (Å²) in [5.74, 6) is 0.979. The molecule has 1 unspecified atom stereocenters. The summed E-state index contributed by atoms with van der Waals surface area (Å²) in [6, 6.07) is 12.2. The second-order valence-corrected chi connectivity index (χ2v) is 8.63. The number of ether oxygens (including phenoxy) is 2. The molecule has 2 aromatic carbocycles. The van der Waals surface area contributed by atoms with E-state index >= 15 is 0 Å².